The monoisotopic (exact) mass is 216 g/mol. The lowest BCUT2D eigenvalue weighted by Gasteiger charge is -2.03. The van der Waals surface area contributed by atoms with Crippen molar-refractivity contribution in [2.45, 2.75) is 52.4 Å². The minimum Gasteiger partial charge on any atom is -0.466 e. The highest BCUT2D eigenvalue weighted by atomic mass is 16.5. The number of carbonyl (C=O) groups is 1. The first-order valence-electron chi connectivity index (χ1n) is 6.04. The molecule has 0 atom stereocenters. The van der Waals surface area contributed by atoms with Crippen LogP contribution in [0.5, 0.6) is 0 Å². The van der Waals surface area contributed by atoms with Gasteiger partial charge in [-0.3, -0.25) is 4.79 Å². The van der Waals surface area contributed by atoms with E-state index in [1.165, 1.54) is 0 Å². The summed E-state index contributed by atoms with van der Waals surface area (Å²) >= 11 is 0. The zero-order valence-electron chi connectivity index (χ0n) is 10.1. The van der Waals surface area contributed by atoms with Gasteiger partial charge < -0.3 is 9.47 Å². The van der Waals surface area contributed by atoms with Crippen LogP contribution < -0.4 is 0 Å². The number of ether oxygens (including phenoxy) is 2. The molecule has 0 aromatic rings. The van der Waals surface area contributed by atoms with Crippen LogP contribution in [-0.2, 0) is 14.3 Å². The van der Waals surface area contributed by atoms with Gasteiger partial charge in [-0.05, 0) is 26.2 Å². The molecule has 0 aromatic carbocycles. The molecule has 90 valence electrons. The van der Waals surface area contributed by atoms with Gasteiger partial charge in [0.2, 0.25) is 0 Å². The summed E-state index contributed by atoms with van der Waals surface area (Å²) < 4.78 is 10.2. The summed E-state index contributed by atoms with van der Waals surface area (Å²) in [5, 5.41) is 0. The summed E-state index contributed by atoms with van der Waals surface area (Å²) in [7, 11) is 0. The third kappa shape index (κ3) is 11.4. The molecule has 0 radical (unpaired) electrons. The molecule has 15 heavy (non-hydrogen) atoms. The van der Waals surface area contributed by atoms with Crippen LogP contribution in [0.4, 0.5) is 0 Å². The Hall–Kier alpha value is -0.570. The van der Waals surface area contributed by atoms with Crippen LogP contribution in [0.3, 0.4) is 0 Å². The van der Waals surface area contributed by atoms with Crippen LogP contribution in [0.25, 0.3) is 0 Å². The maximum absolute atomic E-state index is 11.2. The molecule has 0 heterocycles. The summed E-state index contributed by atoms with van der Waals surface area (Å²) in [5.74, 6) is -0.0557. The molecule has 3 nitrogen and oxygen atoms in total. The van der Waals surface area contributed by atoms with Gasteiger partial charge in [-0.1, -0.05) is 19.8 Å². The minimum absolute atomic E-state index is 0.0557. The van der Waals surface area contributed by atoms with E-state index in [2.05, 4.69) is 6.92 Å². The molecule has 0 aromatic heterocycles. The second-order valence-corrected chi connectivity index (χ2v) is 3.58. The van der Waals surface area contributed by atoms with Gasteiger partial charge in [-0.2, -0.15) is 0 Å². The maximum Gasteiger partial charge on any atom is 0.305 e. The highest BCUT2D eigenvalue weighted by Crippen LogP contribution is 2.02. The SMILES string of the molecule is CCCCOC(=O)CCCCCOCC. The zero-order valence-corrected chi connectivity index (χ0v) is 10.1. The van der Waals surface area contributed by atoms with Crippen molar-refractivity contribution in [2.75, 3.05) is 19.8 Å². The summed E-state index contributed by atoms with van der Waals surface area (Å²) in [4.78, 5) is 11.2. The van der Waals surface area contributed by atoms with Crippen molar-refractivity contribution in [1.29, 1.82) is 0 Å². The Bertz CT molecular complexity index is 146. The molecular weight excluding hydrogens is 192 g/mol. The van der Waals surface area contributed by atoms with Crippen molar-refractivity contribution in [3.05, 3.63) is 0 Å². The maximum atomic E-state index is 11.2. The fraction of sp³-hybridized carbons (Fsp3) is 0.917. The standard InChI is InChI=1S/C12H24O3/c1-3-5-11-15-12(13)9-7-6-8-10-14-4-2/h3-11H2,1-2H3. The Morgan fingerprint density at radius 1 is 1.00 bits per heavy atom. The number of hydrogen-bond donors (Lipinski definition) is 0. The van der Waals surface area contributed by atoms with Gasteiger partial charge in [-0.25, -0.2) is 0 Å². The lowest BCUT2D eigenvalue weighted by molar-refractivity contribution is -0.143. The van der Waals surface area contributed by atoms with Crippen molar-refractivity contribution in [1.82, 2.24) is 0 Å². The Balaban J connectivity index is 3.10. The smallest absolute Gasteiger partial charge is 0.305 e. The van der Waals surface area contributed by atoms with Gasteiger partial charge in [0.25, 0.3) is 0 Å². The highest BCUT2D eigenvalue weighted by molar-refractivity contribution is 5.69. The topological polar surface area (TPSA) is 35.5 Å². The molecule has 0 bridgehead atoms. The first-order valence-corrected chi connectivity index (χ1v) is 6.04. The van der Waals surface area contributed by atoms with Crippen LogP contribution in [-0.4, -0.2) is 25.8 Å². The fourth-order valence-electron chi connectivity index (χ4n) is 1.20. The fourth-order valence-corrected chi connectivity index (χ4v) is 1.20. The Morgan fingerprint density at radius 3 is 2.47 bits per heavy atom. The van der Waals surface area contributed by atoms with Gasteiger partial charge in [-0.15, -0.1) is 0 Å². The zero-order chi connectivity index (χ0) is 11.4. The molecule has 0 rings (SSSR count). The van der Waals surface area contributed by atoms with Crippen LogP contribution in [0.1, 0.15) is 52.4 Å². The molecule has 0 spiro atoms. The van der Waals surface area contributed by atoms with Gasteiger partial charge >= 0.3 is 5.97 Å². The second-order valence-electron chi connectivity index (χ2n) is 3.58. The lowest BCUT2D eigenvalue weighted by atomic mass is 10.2. The second kappa shape index (κ2) is 11.5. The number of unbranched alkanes of at least 4 members (excludes halogenated alkanes) is 3. The third-order valence-corrected chi connectivity index (χ3v) is 2.13. The molecule has 3 heteroatoms. The average molecular weight is 216 g/mol. The van der Waals surface area contributed by atoms with Crippen molar-refractivity contribution < 1.29 is 14.3 Å². The molecule has 0 aliphatic heterocycles. The van der Waals surface area contributed by atoms with E-state index in [1.54, 1.807) is 0 Å². The van der Waals surface area contributed by atoms with Gasteiger partial charge in [0.1, 0.15) is 0 Å². The molecule has 0 N–H and O–H groups in total. The lowest BCUT2D eigenvalue weighted by Crippen LogP contribution is -2.05. The first-order chi connectivity index (χ1) is 7.31. The molecule has 0 aliphatic rings. The van der Waals surface area contributed by atoms with E-state index in [0.29, 0.717) is 13.0 Å². The molecule has 0 saturated carbocycles. The van der Waals surface area contributed by atoms with Crippen LogP contribution in [0.2, 0.25) is 0 Å². The van der Waals surface area contributed by atoms with Crippen LogP contribution in [0.15, 0.2) is 0 Å². The molecular formula is C12H24O3. The highest BCUT2D eigenvalue weighted by Gasteiger charge is 2.01. The number of hydrogen-bond acceptors (Lipinski definition) is 3. The van der Waals surface area contributed by atoms with Gasteiger partial charge in [0.05, 0.1) is 6.61 Å². The van der Waals surface area contributed by atoms with E-state index >= 15 is 0 Å². The van der Waals surface area contributed by atoms with E-state index in [9.17, 15) is 4.79 Å². The minimum atomic E-state index is -0.0557. The quantitative estimate of drug-likeness (QED) is 0.416. The molecule has 0 saturated heterocycles. The van der Waals surface area contributed by atoms with Crippen LogP contribution >= 0.6 is 0 Å². The van der Waals surface area contributed by atoms with Crippen molar-refractivity contribution in [2.24, 2.45) is 0 Å². The molecule has 0 fully saturated rings. The van der Waals surface area contributed by atoms with Crippen LogP contribution in [0, 0.1) is 0 Å². The average Bonchev–Trinajstić information content (AvgIpc) is 2.23. The largest absolute Gasteiger partial charge is 0.466 e. The third-order valence-electron chi connectivity index (χ3n) is 2.13. The van der Waals surface area contributed by atoms with Crippen molar-refractivity contribution in [3.63, 3.8) is 0 Å². The normalized spacial score (nSPS) is 10.3. The predicted molar refractivity (Wildman–Crippen MR) is 60.8 cm³/mol. The summed E-state index contributed by atoms with van der Waals surface area (Å²) in [6.45, 7) is 6.24. The summed E-state index contributed by atoms with van der Waals surface area (Å²) in [5.41, 5.74) is 0. The van der Waals surface area contributed by atoms with E-state index in [4.69, 9.17) is 9.47 Å². The summed E-state index contributed by atoms with van der Waals surface area (Å²) in [6, 6.07) is 0. The molecule has 0 aliphatic carbocycles. The Morgan fingerprint density at radius 2 is 1.80 bits per heavy atom. The Kier molecular flexibility index (Phi) is 11.1. The van der Waals surface area contributed by atoms with E-state index < -0.39 is 0 Å². The first kappa shape index (κ1) is 14.4. The van der Waals surface area contributed by atoms with Crippen molar-refractivity contribution >= 4 is 5.97 Å². The number of rotatable bonds is 10. The molecule has 0 amide bonds. The predicted octanol–water partition coefficient (Wildman–Crippen LogP) is 2.93. The summed E-state index contributed by atoms with van der Waals surface area (Å²) in [6.07, 6.45) is 5.59. The van der Waals surface area contributed by atoms with E-state index in [-0.39, 0.29) is 5.97 Å². The van der Waals surface area contributed by atoms with E-state index in [0.717, 1.165) is 45.3 Å². The van der Waals surface area contributed by atoms with Crippen molar-refractivity contribution in [3.8, 4) is 0 Å². The van der Waals surface area contributed by atoms with Gasteiger partial charge in [0, 0.05) is 19.6 Å². The van der Waals surface area contributed by atoms with E-state index in [1.807, 2.05) is 6.92 Å². The van der Waals surface area contributed by atoms with Gasteiger partial charge in [0.15, 0.2) is 0 Å². The number of carbonyl (C=O) groups excluding carboxylic acids is 1. The number of esters is 1. The molecule has 0 unspecified atom stereocenters. The Labute approximate surface area is 93.1 Å².